The van der Waals surface area contributed by atoms with Gasteiger partial charge in [0, 0.05) is 29.7 Å². The Hall–Kier alpha value is -2.28. The first-order valence-electron chi connectivity index (χ1n) is 4.10. The summed E-state index contributed by atoms with van der Waals surface area (Å²) in [4.78, 5) is 6.80. The van der Waals surface area contributed by atoms with Gasteiger partial charge in [-0.25, -0.2) is 0 Å². The Kier molecular flexibility index (Phi) is 1.92. The molecule has 68 valence electrons. The van der Waals surface area contributed by atoms with Crippen molar-refractivity contribution in [2.45, 2.75) is 0 Å². The first-order chi connectivity index (χ1) is 6.83. The van der Waals surface area contributed by atoms with E-state index in [4.69, 9.17) is 11.0 Å². The zero-order valence-corrected chi connectivity index (χ0v) is 7.36. The summed E-state index contributed by atoms with van der Waals surface area (Å²) in [5.41, 5.74) is 7.74. The Labute approximate surface area is 81.0 Å². The van der Waals surface area contributed by atoms with Crippen molar-refractivity contribution in [3.63, 3.8) is 0 Å². The highest BCUT2D eigenvalue weighted by molar-refractivity contribution is 5.75. The van der Waals surface area contributed by atoms with Crippen molar-refractivity contribution in [1.82, 2.24) is 9.97 Å². The molecule has 0 radical (unpaired) electrons. The number of nitrogens with one attached hydrogen (secondary N) is 1. The monoisotopic (exact) mass is 184 g/mol. The molecule has 3 N–H and O–H groups in total. The molecule has 0 atom stereocenters. The van der Waals surface area contributed by atoms with Crippen LogP contribution in [-0.4, -0.2) is 9.97 Å². The molecular weight excluding hydrogens is 176 g/mol. The number of nitriles is 1. The molecule has 0 bridgehead atoms. The highest BCUT2D eigenvalue weighted by atomic mass is 14.8. The van der Waals surface area contributed by atoms with E-state index in [9.17, 15) is 0 Å². The van der Waals surface area contributed by atoms with Crippen LogP contribution in [0.3, 0.4) is 0 Å². The van der Waals surface area contributed by atoms with Gasteiger partial charge in [0.15, 0.2) is 0 Å². The number of aromatic amines is 1. The van der Waals surface area contributed by atoms with E-state index >= 15 is 0 Å². The first-order valence-corrected chi connectivity index (χ1v) is 4.10. The fourth-order valence-electron chi connectivity index (χ4n) is 1.31. The van der Waals surface area contributed by atoms with Crippen molar-refractivity contribution in [3.05, 3.63) is 36.3 Å². The fraction of sp³-hybridized carbons (Fsp3) is 0. The van der Waals surface area contributed by atoms with Gasteiger partial charge in [0.2, 0.25) is 0 Å². The number of rotatable bonds is 1. The van der Waals surface area contributed by atoms with E-state index in [0.717, 1.165) is 11.1 Å². The Morgan fingerprint density at radius 1 is 1.50 bits per heavy atom. The van der Waals surface area contributed by atoms with Crippen LogP contribution in [0.15, 0.2) is 30.7 Å². The van der Waals surface area contributed by atoms with Crippen LogP contribution < -0.4 is 5.73 Å². The van der Waals surface area contributed by atoms with Crippen molar-refractivity contribution >= 4 is 5.82 Å². The molecule has 2 rings (SSSR count). The maximum absolute atomic E-state index is 8.88. The highest BCUT2D eigenvalue weighted by Gasteiger charge is 2.09. The molecule has 14 heavy (non-hydrogen) atoms. The summed E-state index contributed by atoms with van der Waals surface area (Å²) in [5.74, 6) is 0.395. The highest BCUT2D eigenvalue weighted by Crippen LogP contribution is 2.25. The predicted octanol–water partition coefficient (Wildman–Crippen LogP) is 1.53. The lowest BCUT2D eigenvalue weighted by molar-refractivity contribution is 1.33. The van der Waals surface area contributed by atoms with E-state index in [0.29, 0.717) is 11.4 Å². The Morgan fingerprint density at radius 3 is 3.00 bits per heavy atom. The number of aromatic nitrogens is 2. The van der Waals surface area contributed by atoms with Gasteiger partial charge in [0.25, 0.3) is 0 Å². The van der Waals surface area contributed by atoms with Gasteiger partial charge in [0.1, 0.15) is 17.5 Å². The summed E-state index contributed by atoms with van der Waals surface area (Å²) in [6, 6.07) is 5.76. The first kappa shape index (κ1) is 8.32. The van der Waals surface area contributed by atoms with Gasteiger partial charge in [-0.1, -0.05) is 6.07 Å². The Morgan fingerprint density at radius 2 is 2.36 bits per heavy atom. The number of anilines is 1. The van der Waals surface area contributed by atoms with Gasteiger partial charge < -0.3 is 10.7 Å². The second-order valence-electron chi connectivity index (χ2n) is 2.84. The van der Waals surface area contributed by atoms with Crippen molar-refractivity contribution in [2.24, 2.45) is 0 Å². The van der Waals surface area contributed by atoms with Gasteiger partial charge in [-0.05, 0) is 6.07 Å². The van der Waals surface area contributed by atoms with E-state index in [1.165, 1.54) is 0 Å². The normalized spacial score (nSPS) is 9.64. The summed E-state index contributed by atoms with van der Waals surface area (Å²) < 4.78 is 0. The molecule has 4 heteroatoms. The van der Waals surface area contributed by atoms with E-state index in [1.807, 2.05) is 12.1 Å². The smallest absolute Gasteiger partial charge is 0.119 e. The third-order valence-corrected chi connectivity index (χ3v) is 2.00. The van der Waals surface area contributed by atoms with Crippen LogP contribution in [0.1, 0.15) is 5.56 Å². The molecule has 0 unspecified atom stereocenters. The third-order valence-electron chi connectivity index (χ3n) is 2.00. The lowest BCUT2D eigenvalue weighted by Crippen LogP contribution is -1.87. The number of H-pyrrole nitrogens is 1. The van der Waals surface area contributed by atoms with E-state index < -0.39 is 0 Å². The molecule has 0 aliphatic heterocycles. The summed E-state index contributed by atoms with van der Waals surface area (Å²) in [7, 11) is 0. The average molecular weight is 184 g/mol. The maximum Gasteiger partial charge on any atom is 0.119 e. The molecule has 4 nitrogen and oxygen atoms in total. The molecule has 2 heterocycles. The molecule has 0 aromatic carbocycles. The number of pyridine rings is 1. The van der Waals surface area contributed by atoms with Gasteiger partial charge >= 0.3 is 0 Å². The molecule has 0 spiro atoms. The van der Waals surface area contributed by atoms with E-state index in [2.05, 4.69) is 16.0 Å². The lowest BCUT2D eigenvalue weighted by atomic mass is 10.1. The lowest BCUT2D eigenvalue weighted by Gasteiger charge is -1.96. The van der Waals surface area contributed by atoms with Gasteiger partial charge in [-0.2, -0.15) is 5.26 Å². The molecule has 0 aliphatic carbocycles. The number of hydrogen-bond donors (Lipinski definition) is 2. The summed E-state index contributed by atoms with van der Waals surface area (Å²) >= 11 is 0. The zero-order valence-electron chi connectivity index (χ0n) is 7.36. The van der Waals surface area contributed by atoms with Crippen LogP contribution in [0.5, 0.6) is 0 Å². The van der Waals surface area contributed by atoms with Crippen molar-refractivity contribution < 1.29 is 0 Å². The van der Waals surface area contributed by atoms with Crippen LogP contribution in [0.2, 0.25) is 0 Å². The van der Waals surface area contributed by atoms with Crippen molar-refractivity contribution in [1.29, 1.82) is 5.26 Å². The molecule has 0 fully saturated rings. The van der Waals surface area contributed by atoms with Crippen LogP contribution in [-0.2, 0) is 0 Å². The molecular formula is C10H8N4. The number of hydrogen-bond acceptors (Lipinski definition) is 3. The average Bonchev–Trinajstić information content (AvgIpc) is 2.61. The van der Waals surface area contributed by atoms with Crippen molar-refractivity contribution in [3.8, 4) is 17.2 Å². The second kappa shape index (κ2) is 3.23. The van der Waals surface area contributed by atoms with E-state index in [-0.39, 0.29) is 0 Å². The second-order valence-corrected chi connectivity index (χ2v) is 2.84. The van der Waals surface area contributed by atoms with Crippen molar-refractivity contribution in [2.75, 3.05) is 5.73 Å². The van der Waals surface area contributed by atoms with E-state index in [1.54, 1.807) is 18.6 Å². The van der Waals surface area contributed by atoms with Gasteiger partial charge in [0.05, 0.1) is 0 Å². The summed E-state index contributed by atoms with van der Waals surface area (Å²) in [6.07, 6.45) is 5.10. The number of nitrogens with zero attached hydrogens (tertiary/aromatic N) is 2. The number of nitrogen functional groups attached to an aromatic ring is 1. The van der Waals surface area contributed by atoms with Gasteiger partial charge in [-0.3, -0.25) is 4.98 Å². The largest absolute Gasteiger partial charge is 0.384 e. The molecule has 2 aromatic rings. The van der Waals surface area contributed by atoms with Crippen LogP contribution in [0, 0.1) is 11.3 Å². The number of nitrogens with two attached hydrogens (primary N) is 1. The predicted molar refractivity (Wildman–Crippen MR) is 53.2 cm³/mol. The summed E-state index contributed by atoms with van der Waals surface area (Å²) in [6.45, 7) is 0. The molecule has 0 aliphatic rings. The fourth-order valence-corrected chi connectivity index (χ4v) is 1.31. The minimum atomic E-state index is 0.395. The minimum absolute atomic E-state index is 0.395. The van der Waals surface area contributed by atoms with Crippen LogP contribution >= 0.6 is 0 Å². The zero-order chi connectivity index (χ0) is 9.97. The molecule has 0 saturated carbocycles. The topological polar surface area (TPSA) is 78.5 Å². The van der Waals surface area contributed by atoms with Crippen LogP contribution in [0.25, 0.3) is 11.1 Å². The Balaban J connectivity index is 2.59. The SMILES string of the molecule is N#Cc1c(-c2cccnc2)c[nH]c1N. The molecule has 2 aromatic heterocycles. The van der Waals surface area contributed by atoms with Gasteiger partial charge in [-0.15, -0.1) is 0 Å². The molecule has 0 amide bonds. The van der Waals surface area contributed by atoms with Crippen LogP contribution in [0.4, 0.5) is 5.82 Å². The quantitative estimate of drug-likeness (QED) is 0.705. The maximum atomic E-state index is 8.88. The summed E-state index contributed by atoms with van der Waals surface area (Å²) in [5, 5.41) is 8.88. The molecule has 0 saturated heterocycles. The Bertz CT molecular complexity index is 479. The minimum Gasteiger partial charge on any atom is -0.384 e. The third kappa shape index (κ3) is 1.21. The standard InChI is InChI=1S/C10H8N4/c11-4-8-9(6-14-10(8)12)7-2-1-3-13-5-7/h1-3,5-6,14H,12H2.